The molecule has 0 aliphatic heterocycles. The normalized spacial score (nSPS) is 12.6. The lowest BCUT2D eigenvalue weighted by atomic mass is 9.91. The van der Waals surface area contributed by atoms with Crippen LogP contribution in [0.4, 0.5) is 0 Å². The van der Waals surface area contributed by atoms with Crippen molar-refractivity contribution < 1.29 is 19.5 Å². The van der Waals surface area contributed by atoms with Gasteiger partial charge in [0.05, 0.1) is 6.42 Å². The van der Waals surface area contributed by atoms with E-state index in [1.807, 2.05) is 13.8 Å². The lowest BCUT2D eigenvalue weighted by molar-refractivity contribution is -0.140. The molecule has 0 bridgehead atoms. The van der Waals surface area contributed by atoms with Crippen molar-refractivity contribution in [1.29, 1.82) is 0 Å². The van der Waals surface area contributed by atoms with Crippen LogP contribution in [-0.4, -0.2) is 22.6 Å². The molecule has 4 heteroatoms. The van der Waals surface area contributed by atoms with E-state index in [1.54, 1.807) is 6.92 Å². The van der Waals surface area contributed by atoms with E-state index in [9.17, 15) is 14.4 Å². The minimum atomic E-state index is -1.18. The Balaban J connectivity index is 4.06. The maximum atomic E-state index is 11.4. The SMILES string of the molecule is CC(C)C(C)C(=O)CC(=O)CC(=O)O. The summed E-state index contributed by atoms with van der Waals surface area (Å²) in [5.41, 5.74) is 0. The Labute approximate surface area is 83.3 Å². The second-order valence-electron chi connectivity index (χ2n) is 3.78. The van der Waals surface area contributed by atoms with Gasteiger partial charge in [0.2, 0.25) is 0 Å². The molecule has 0 aromatic rings. The largest absolute Gasteiger partial charge is 0.481 e. The molecule has 0 aliphatic rings. The van der Waals surface area contributed by atoms with Gasteiger partial charge >= 0.3 is 5.97 Å². The van der Waals surface area contributed by atoms with Gasteiger partial charge < -0.3 is 5.11 Å². The summed E-state index contributed by atoms with van der Waals surface area (Å²) in [5.74, 6) is -1.88. The summed E-state index contributed by atoms with van der Waals surface area (Å²) in [5, 5.41) is 8.31. The van der Waals surface area contributed by atoms with Gasteiger partial charge in [0.1, 0.15) is 12.2 Å². The zero-order chi connectivity index (χ0) is 11.3. The summed E-state index contributed by atoms with van der Waals surface area (Å²) in [6.45, 7) is 5.54. The Morgan fingerprint density at radius 2 is 1.57 bits per heavy atom. The third kappa shape index (κ3) is 4.74. The molecule has 1 N–H and O–H groups in total. The third-order valence-electron chi connectivity index (χ3n) is 2.23. The molecule has 1 unspecified atom stereocenters. The highest BCUT2D eigenvalue weighted by atomic mass is 16.4. The number of ketones is 2. The van der Waals surface area contributed by atoms with Gasteiger partial charge in [0.15, 0.2) is 5.78 Å². The molecule has 0 heterocycles. The summed E-state index contributed by atoms with van der Waals surface area (Å²) < 4.78 is 0. The second kappa shape index (κ2) is 5.52. The Morgan fingerprint density at radius 3 is 1.93 bits per heavy atom. The highest BCUT2D eigenvalue weighted by molar-refractivity contribution is 6.05. The lowest BCUT2D eigenvalue weighted by Crippen LogP contribution is -2.21. The van der Waals surface area contributed by atoms with Crippen LogP contribution in [0, 0.1) is 11.8 Å². The van der Waals surface area contributed by atoms with Crippen LogP contribution in [0.5, 0.6) is 0 Å². The van der Waals surface area contributed by atoms with Crippen molar-refractivity contribution in [1.82, 2.24) is 0 Å². The summed E-state index contributed by atoms with van der Waals surface area (Å²) in [6, 6.07) is 0. The first-order valence-corrected chi connectivity index (χ1v) is 4.60. The van der Waals surface area contributed by atoms with Gasteiger partial charge in [-0.2, -0.15) is 0 Å². The first kappa shape index (κ1) is 12.8. The average Bonchev–Trinajstić information content (AvgIpc) is 2.00. The van der Waals surface area contributed by atoms with Gasteiger partial charge in [0, 0.05) is 5.92 Å². The van der Waals surface area contributed by atoms with Crippen LogP contribution < -0.4 is 0 Å². The van der Waals surface area contributed by atoms with Crippen LogP contribution in [0.1, 0.15) is 33.6 Å². The maximum Gasteiger partial charge on any atom is 0.310 e. The van der Waals surface area contributed by atoms with Crippen LogP contribution in [0.25, 0.3) is 0 Å². The molecule has 0 fully saturated rings. The monoisotopic (exact) mass is 200 g/mol. The van der Waals surface area contributed by atoms with Crippen molar-refractivity contribution in [2.75, 3.05) is 0 Å². The van der Waals surface area contributed by atoms with Crippen LogP contribution in [-0.2, 0) is 14.4 Å². The minimum absolute atomic E-state index is 0.175. The number of hydrogen-bond donors (Lipinski definition) is 1. The molecular weight excluding hydrogens is 184 g/mol. The Morgan fingerprint density at radius 1 is 1.07 bits per heavy atom. The fourth-order valence-corrected chi connectivity index (χ4v) is 0.958. The van der Waals surface area contributed by atoms with Crippen LogP contribution in [0.3, 0.4) is 0 Å². The molecule has 0 aliphatic carbocycles. The molecule has 0 rings (SSSR count). The van der Waals surface area contributed by atoms with Crippen molar-refractivity contribution >= 4 is 17.5 Å². The highest BCUT2D eigenvalue weighted by Gasteiger charge is 2.20. The standard InChI is InChI=1S/C10H16O4/c1-6(2)7(3)9(12)4-8(11)5-10(13)14/h6-7H,4-5H2,1-3H3,(H,13,14). The van der Waals surface area contributed by atoms with Crippen LogP contribution in [0.15, 0.2) is 0 Å². The zero-order valence-corrected chi connectivity index (χ0v) is 8.74. The van der Waals surface area contributed by atoms with E-state index in [1.165, 1.54) is 0 Å². The summed E-state index contributed by atoms with van der Waals surface area (Å²) in [7, 11) is 0. The van der Waals surface area contributed by atoms with Gasteiger partial charge in [-0.05, 0) is 5.92 Å². The first-order chi connectivity index (χ1) is 6.34. The van der Waals surface area contributed by atoms with Crippen molar-refractivity contribution in [2.24, 2.45) is 11.8 Å². The second-order valence-corrected chi connectivity index (χ2v) is 3.78. The van der Waals surface area contributed by atoms with E-state index >= 15 is 0 Å². The predicted octanol–water partition coefficient (Wildman–Crippen LogP) is 1.28. The highest BCUT2D eigenvalue weighted by Crippen LogP contribution is 2.13. The predicted molar refractivity (Wildman–Crippen MR) is 50.9 cm³/mol. The van der Waals surface area contributed by atoms with E-state index in [2.05, 4.69) is 0 Å². The summed E-state index contributed by atoms with van der Waals surface area (Å²) in [4.78, 5) is 32.5. The summed E-state index contributed by atoms with van der Waals surface area (Å²) >= 11 is 0. The molecule has 80 valence electrons. The Bertz CT molecular complexity index is 243. The number of rotatable bonds is 6. The smallest absolute Gasteiger partial charge is 0.310 e. The maximum absolute atomic E-state index is 11.4. The lowest BCUT2D eigenvalue weighted by Gasteiger charge is -2.12. The summed E-state index contributed by atoms with van der Waals surface area (Å²) in [6.07, 6.45) is -0.817. The molecule has 4 nitrogen and oxygen atoms in total. The molecular formula is C10H16O4. The number of Topliss-reactive ketones (excluding diaryl/α,β-unsaturated/α-hetero) is 2. The fourth-order valence-electron chi connectivity index (χ4n) is 0.958. The molecule has 0 amide bonds. The molecule has 0 saturated carbocycles. The number of hydrogen-bond acceptors (Lipinski definition) is 3. The van der Waals surface area contributed by atoms with Gasteiger partial charge in [-0.1, -0.05) is 20.8 Å². The molecule has 0 spiro atoms. The van der Waals surface area contributed by atoms with E-state index in [4.69, 9.17) is 5.11 Å². The van der Waals surface area contributed by atoms with E-state index < -0.39 is 18.2 Å². The molecule has 0 aromatic heterocycles. The molecule has 1 atom stereocenters. The van der Waals surface area contributed by atoms with E-state index in [-0.39, 0.29) is 24.0 Å². The van der Waals surface area contributed by atoms with Crippen molar-refractivity contribution in [2.45, 2.75) is 33.6 Å². The van der Waals surface area contributed by atoms with Crippen LogP contribution >= 0.6 is 0 Å². The van der Waals surface area contributed by atoms with Crippen molar-refractivity contribution in [3.8, 4) is 0 Å². The quantitative estimate of drug-likeness (QED) is 0.655. The zero-order valence-electron chi connectivity index (χ0n) is 8.74. The molecule has 0 saturated heterocycles. The van der Waals surface area contributed by atoms with Crippen molar-refractivity contribution in [3.63, 3.8) is 0 Å². The van der Waals surface area contributed by atoms with Gasteiger partial charge in [-0.3, -0.25) is 14.4 Å². The Kier molecular flexibility index (Phi) is 5.05. The number of carboxylic acid groups (broad SMARTS) is 1. The third-order valence-corrected chi connectivity index (χ3v) is 2.23. The van der Waals surface area contributed by atoms with E-state index in [0.29, 0.717) is 0 Å². The number of carbonyl (C=O) groups excluding carboxylic acids is 2. The van der Waals surface area contributed by atoms with Crippen LogP contribution in [0.2, 0.25) is 0 Å². The van der Waals surface area contributed by atoms with E-state index in [0.717, 1.165) is 0 Å². The van der Waals surface area contributed by atoms with Gasteiger partial charge in [-0.25, -0.2) is 0 Å². The first-order valence-electron chi connectivity index (χ1n) is 4.60. The van der Waals surface area contributed by atoms with Gasteiger partial charge in [-0.15, -0.1) is 0 Å². The average molecular weight is 200 g/mol. The Hall–Kier alpha value is -1.19. The van der Waals surface area contributed by atoms with Crippen molar-refractivity contribution in [3.05, 3.63) is 0 Å². The van der Waals surface area contributed by atoms with Gasteiger partial charge in [0.25, 0.3) is 0 Å². The minimum Gasteiger partial charge on any atom is -0.481 e. The number of carbonyl (C=O) groups is 3. The topological polar surface area (TPSA) is 71.4 Å². The number of carboxylic acids is 1. The number of aliphatic carboxylic acids is 1. The molecule has 0 aromatic carbocycles. The molecule has 14 heavy (non-hydrogen) atoms. The molecule has 0 radical (unpaired) electrons. The fraction of sp³-hybridized carbons (Fsp3) is 0.700.